The van der Waals surface area contributed by atoms with Crippen LogP contribution in [0.25, 0.3) is 15.9 Å². The first-order valence-electron chi connectivity index (χ1n) is 4.87. The first-order valence-corrected chi connectivity index (χ1v) is 5.75. The summed E-state index contributed by atoms with van der Waals surface area (Å²) in [5.41, 5.74) is 0.606. The third kappa shape index (κ3) is 1.44. The van der Waals surface area contributed by atoms with Crippen molar-refractivity contribution in [3.63, 3.8) is 0 Å². The monoisotopic (exact) mass is 228 g/mol. The second-order valence-corrected chi connectivity index (χ2v) is 4.30. The van der Waals surface area contributed by atoms with Gasteiger partial charge in [-0.3, -0.25) is 4.57 Å². The van der Waals surface area contributed by atoms with Gasteiger partial charge < -0.3 is 0 Å². The highest BCUT2D eigenvalue weighted by molar-refractivity contribution is 7.16. The van der Waals surface area contributed by atoms with Crippen molar-refractivity contribution in [2.24, 2.45) is 0 Å². The van der Waals surface area contributed by atoms with Crippen LogP contribution in [0.2, 0.25) is 0 Å². The van der Waals surface area contributed by atoms with Crippen LogP contribution in [0.4, 0.5) is 0 Å². The summed E-state index contributed by atoms with van der Waals surface area (Å²) >= 11 is 1.48. The zero-order valence-electron chi connectivity index (χ0n) is 8.33. The number of fused-ring (bicyclic) bond motifs is 1. The van der Waals surface area contributed by atoms with Crippen molar-refractivity contribution in [1.29, 1.82) is 0 Å². The minimum absolute atomic E-state index is 0.235. The zero-order valence-corrected chi connectivity index (χ0v) is 9.15. The second-order valence-electron chi connectivity index (χ2n) is 3.41. The van der Waals surface area contributed by atoms with Crippen LogP contribution >= 0.6 is 11.3 Å². The molecule has 0 bridgehead atoms. The molecule has 0 aliphatic rings. The number of para-hydroxylation sites is 1. The van der Waals surface area contributed by atoms with Crippen LogP contribution in [-0.2, 0) is 0 Å². The average Bonchev–Trinajstić information content (AvgIpc) is 2.76. The molecule has 3 nitrogen and oxygen atoms in total. The number of hydrogen-bond acceptors (Lipinski definition) is 3. The largest absolute Gasteiger partial charge is 0.353 e. The summed E-state index contributed by atoms with van der Waals surface area (Å²) in [5.74, 6) is 0. The van der Waals surface area contributed by atoms with Gasteiger partial charge in [0.05, 0.1) is 5.69 Å². The van der Waals surface area contributed by atoms with E-state index in [0.717, 1.165) is 15.9 Å². The van der Waals surface area contributed by atoms with Crippen molar-refractivity contribution >= 4 is 21.6 Å². The van der Waals surface area contributed by atoms with E-state index < -0.39 is 0 Å². The second kappa shape index (κ2) is 3.57. The molecule has 2 heterocycles. The number of nitrogens with zero attached hydrogens (tertiary/aromatic N) is 2. The van der Waals surface area contributed by atoms with Gasteiger partial charge in [-0.2, -0.15) is 4.98 Å². The molecule has 0 saturated carbocycles. The van der Waals surface area contributed by atoms with Crippen molar-refractivity contribution in [1.82, 2.24) is 9.55 Å². The van der Waals surface area contributed by atoms with Crippen molar-refractivity contribution in [3.05, 3.63) is 58.5 Å². The molecular weight excluding hydrogens is 220 g/mol. The molecule has 0 fully saturated rings. The first kappa shape index (κ1) is 9.30. The van der Waals surface area contributed by atoms with Crippen molar-refractivity contribution in [2.75, 3.05) is 0 Å². The highest BCUT2D eigenvalue weighted by Crippen LogP contribution is 2.16. The molecule has 0 N–H and O–H groups in total. The Bertz CT molecular complexity index is 685. The lowest BCUT2D eigenvalue weighted by Gasteiger charge is -2.03. The van der Waals surface area contributed by atoms with E-state index in [1.54, 1.807) is 4.57 Å². The number of thiophene rings is 1. The van der Waals surface area contributed by atoms with E-state index in [1.807, 2.05) is 48.0 Å². The Labute approximate surface area is 95.6 Å². The molecule has 2 aromatic heterocycles. The van der Waals surface area contributed by atoms with Crippen LogP contribution in [0.15, 0.2) is 52.8 Å². The molecule has 3 aromatic rings. The molecule has 0 atom stereocenters. The van der Waals surface area contributed by atoms with Crippen LogP contribution in [0.5, 0.6) is 0 Å². The maximum absolute atomic E-state index is 11.8. The van der Waals surface area contributed by atoms with E-state index in [4.69, 9.17) is 0 Å². The van der Waals surface area contributed by atoms with Gasteiger partial charge >= 0.3 is 5.69 Å². The molecule has 0 amide bonds. The van der Waals surface area contributed by atoms with E-state index in [0.29, 0.717) is 0 Å². The summed E-state index contributed by atoms with van der Waals surface area (Å²) in [6, 6.07) is 11.5. The van der Waals surface area contributed by atoms with Crippen molar-refractivity contribution in [3.8, 4) is 5.69 Å². The maximum Gasteiger partial charge on any atom is 0.353 e. The Morgan fingerprint density at radius 2 is 1.94 bits per heavy atom. The highest BCUT2D eigenvalue weighted by atomic mass is 32.1. The number of rotatable bonds is 1. The van der Waals surface area contributed by atoms with E-state index >= 15 is 0 Å². The summed E-state index contributed by atoms with van der Waals surface area (Å²) in [7, 11) is 0. The number of benzene rings is 1. The van der Waals surface area contributed by atoms with Crippen LogP contribution in [0, 0.1) is 0 Å². The lowest BCUT2D eigenvalue weighted by molar-refractivity contribution is 0.942. The van der Waals surface area contributed by atoms with E-state index in [2.05, 4.69) is 4.98 Å². The molecule has 16 heavy (non-hydrogen) atoms. The first-order chi connectivity index (χ1) is 7.84. The minimum Gasteiger partial charge on any atom is -0.267 e. The highest BCUT2D eigenvalue weighted by Gasteiger charge is 2.03. The van der Waals surface area contributed by atoms with Crippen molar-refractivity contribution < 1.29 is 0 Å². The van der Waals surface area contributed by atoms with Crippen LogP contribution in [0.3, 0.4) is 0 Å². The van der Waals surface area contributed by atoms with Crippen LogP contribution in [-0.4, -0.2) is 9.55 Å². The van der Waals surface area contributed by atoms with Gasteiger partial charge in [-0.05, 0) is 23.6 Å². The SMILES string of the molecule is O=c1nc2sccc2cn1-c1ccccc1. The van der Waals surface area contributed by atoms with Crippen molar-refractivity contribution in [2.45, 2.75) is 0 Å². The number of aromatic nitrogens is 2. The van der Waals surface area contributed by atoms with Gasteiger partial charge in [-0.25, -0.2) is 4.79 Å². The maximum atomic E-state index is 11.8. The molecule has 0 aliphatic carbocycles. The summed E-state index contributed by atoms with van der Waals surface area (Å²) in [6.07, 6.45) is 1.83. The minimum atomic E-state index is -0.235. The summed E-state index contributed by atoms with van der Waals surface area (Å²) in [4.78, 5) is 16.6. The predicted molar refractivity (Wildman–Crippen MR) is 65.2 cm³/mol. The zero-order chi connectivity index (χ0) is 11.0. The van der Waals surface area contributed by atoms with Gasteiger partial charge in [-0.1, -0.05) is 18.2 Å². The van der Waals surface area contributed by atoms with Gasteiger partial charge in [0.25, 0.3) is 0 Å². The van der Waals surface area contributed by atoms with Gasteiger partial charge in [0.15, 0.2) is 0 Å². The Balaban J connectivity index is 2.31. The molecule has 0 unspecified atom stereocenters. The number of hydrogen-bond donors (Lipinski definition) is 0. The van der Waals surface area contributed by atoms with Crippen LogP contribution in [0.1, 0.15) is 0 Å². The fraction of sp³-hybridized carbons (Fsp3) is 0. The molecule has 0 spiro atoms. The Hall–Kier alpha value is -1.94. The molecule has 3 rings (SSSR count). The molecular formula is C12H8N2OS. The smallest absolute Gasteiger partial charge is 0.267 e. The third-order valence-electron chi connectivity index (χ3n) is 2.38. The third-order valence-corrected chi connectivity index (χ3v) is 3.20. The molecule has 0 saturated heterocycles. The van der Waals surface area contributed by atoms with Gasteiger partial charge in [0.1, 0.15) is 4.83 Å². The molecule has 4 heteroatoms. The normalized spacial score (nSPS) is 10.8. The standard InChI is InChI=1S/C12H8N2OS/c15-12-13-11-9(6-7-16-11)8-14(12)10-4-2-1-3-5-10/h1-8H. The summed E-state index contributed by atoms with van der Waals surface area (Å²) in [6.45, 7) is 0. The molecule has 1 aromatic carbocycles. The van der Waals surface area contributed by atoms with E-state index in [1.165, 1.54) is 11.3 Å². The van der Waals surface area contributed by atoms with Gasteiger partial charge in [0.2, 0.25) is 0 Å². The van der Waals surface area contributed by atoms with Gasteiger partial charge in [0, 0.05) is 11.6 Å². The lowest BCUT2D eigenvalue weighted by atomic mass is 10.3. The Morgan fingerprint density at radius 1 is 1.12 bits per heavy atom. The fourth-order valence-electron chi connectivity index (χ4n) is 1.61. The quantitative estimate of drug-likeness (QED) is 0.641. The topological polar surface area (TPSA) is 34.9 Å². The van der Waals surface area contributed by atoms with E-state index in [-0.39, 0.29) is 5.69 Å². The van der Waals surface area contributed by atoms with Crippen LogP contribution < -0.4 is 5.69 Å². The predicted octanol–water partition coefficient (Wildman–Crippen LogP) is 2.45. The van der Waals surface area contributed by atoms with Gasteiger partial charge in [-0.15, -0.1) is 11.3 Å². The Kier molecular flexibility index (Phi) is 2.08. The fourth-order valence-corrected chi connectivity index (χ4v) is 2.34. The average molecular weight is 228 g/mol. The summed E-state index contributed by atoms with van der Waals surface area (Å²) in [5, 5.41) is 2.93. The molecule has 0 aliphatic heterocycles. The van der Waals surface area contributed by atoms with E-state index in [9.17, 15) is 4.79 Å². The molecule has 0 radical (unpaired) electrons. The Morgan fingerprint density at radius 3 is 2.75 bits per heavy atom. The molecule has 78 valence electrons. The summed E-state index contributed by atoms with van der Waals surface area (Å²) < 4.78 is 1.56. The lowest BCUT2D eigenvalue weighted by Crippen LogP contribution is -2.19.